The summed E-state index contributed by atoms with van der Waals surface area (Å²) < 4.78 is 12.7. The minimum Gasteiger partial charge on any atom is -0.376 e. The Kier molecular flexibility index (Phi) is 4.75. The molecule has 0 aromatic heterocycles. The van der Waals surface area contributed by atoms with Crippen molar-refractivity contribution in [2.45, 2.75) is 0 Å². The van der Waals surface area contributed by atoms with E-state index >= 15 is 0 Å². The van der Waals surface area contributed by atoms with Gasteiger partial charge in [-0.15, -0.1) is 0 Å². The first kappa shape index (κ1) is 14.8. The zero-order valence-electron chi connectivity index (χ0n) is 10.9. The van der Waals surface area contributed by atoms with Crippen LogP contribution in [0.2, 0.25) is 5.02 Å². The topological polar surface area (TPSA) is 64.9 Å². The normalized spacial score (nSPS) is 9.76. The van der Waals surface area contributed by atoms with Gasteiger partial charge < -0.3 is 10.6 Å². The molecule has 1 amide bonds. The smallest absolute Gasteiger partial charge is 0.243 e. The van der Waals surface area contributed by atoms with Crippen molar-refractivity contribution in [2.75, 3.05) is 17.2 Å². The van der Waals surface area contributed by atoms with E-state index in [1.807, 2.05) is 6.07 Å². The molecule has 0 saturated heterocycles. The molecule has 2 rings (SSSR count). The van der Waals surface area contributed by atoms with Crippen LogP contribution in [0.5, 0.6) is 0 Å². The number of benzene rings is 2. The van der Waals surface area contributed by atoms with Crippen molar-refractivity contribution in [2.24, 2.45) is 0 Å². The number of amides is 1. The molecule has 0 heterocycles. The van der Waals surface area contributed by atoms with Gasteiger partial charge in [0.1, 0.15) is 11.9 Å². The molecule has 0 radical (unpaired) electrons. The summed E-state index contributed by atoms with van der Waals surface area (Å²) in [5.41, 5.74) is 1.31. The maximum Gasteiger partial charge on any atom is 0.243 e. The first-order chi connectivity index (χ1) is 10.1. The number of hydrogen-bond acceptors (Lipinski definition) is 3. The van der Waals surface area contributed by atoms with E-state index in [1.54, 1.807) is 6.07 Å². The van der Waals surface area contributed by atoms with Crippen LogP contribution in [-0.4, -0.2) is 12.5 Å². The van der Waals surface area contributed by atoms with Crippen molar-refractivity contribution < 1.29 is 9.18 Å². The van der Waals surface area contributed by atoms with Gasteiger partial charge in [-0.2, -0.15) is 5.26 Å². The van der Waals surface area contributed by atoms with Crippen LogP contribution in [-0.2, 0) is 4.79 Å². The molecule has 2 N–H and O–H groups in total. The molecule has 0 aliphatic rings. The molecule has 0 aliphatic heterocycles. The highest BCUT2D eigenvalue weighted by Crippen LogP contribution is 2.20. The van der Waals surface area contributed by atoms with Crippen LogP contribution in [0, 0.1) is 17.1 Å². The van der Waals surface area contributed by atoms with Gasteiger partial charge in [-0.05, 0) is 42.5 Å². The predicted molar refractivity (Wildman–Crippen MR) is 79.7 cm³/mol. The Hall–Kier alpha value is -2.58. The minimum atomic E-state index is -0.345. The number of nitrogens with zero attached hydrogens (tertiary/aromatic N) is 1. The van der Waals surface area contributed by atoms with E-state index in [2.05, 4.69) is 10.6 Å². The Bertz CT molecular complexity index is 695. The van der Waals surface area contributed by atoms with Crippen LogP contribution in [0.3, 0.4) is 0 Å². The molecule has 0 spiro atoms. The lowest BCUT2D eigenvalue weighted by Gasteiger charge is -2.09. The zero-order chi connectivity index (χ0) is 15.2. The van der Waals surface area contributed by atoms with Gasteiger partial charge in [-0.1, -0.05) is 11.6 Å². The third-order valence-electron chi connectivity index (χ3n) is 2.67. The maximum atomic E-state index is 12.7. The summed E-state index contributed by atoms with van der Waals surface area (Å²) in [6, 6.07) is 12.2. The molecule has 106 valence electrons. The van der Waals surface area contributed by atoms with Crippen LogP contribution < -0.4 is 10.6 Å². The Morgan fingerprint density at radius 3 is 2.62 bits per heavy atom. The quantitative estimate of drug-likeness (QED) is 0.910. The van der Waals surface area contributed by atoms with Gasteiger partial charge >= 0.3 is 0 Å². The number of rotatable bonds is 4. The van der Waals surface area contributed by atoms with E-state index in [-0.39, 0.29) is 18.3 Å². The summed E-state index contributed by atoms with van der Waals surface area (Å²) in [6.45, 7) is -0.0109. The van der Waals surface area contributed by atoms with Gasteiger partial charge in [-0.25, -0.2) is 4.39 Å². The molecule has 0 aliphatic carbocycles. The molecular weight excluding hydrogens is 293 g/mol. The highest BCUT2D eigenvalue weighted by atomic mass is 35.5. The Labute approximate surface area is 126 Å². The fraction of sp³-hybridized carbons (Fsp3) is 0.0667. The molecule has 2 aromatic carbocycles. The average molecular weight is 304 g/mol. The zero-order valence-corrected chi connectivity index (χ0v) is 11.6. The van der Waals surface area contributed by atoms with Crippen LogP contribution in [0.4, 0.5) is 15.8 Å². The van der Waals surface area contributed by atoms with Crippen molar-refractivity contribution >= 4 is 28.9 Å². The molecule has 0 fully saturated rings. The summed E-state index contributed by atoms with van der Waals surface area (Å²) in [5, 5.41) is 14.8. The Balaban J connectivity index is 1.97. The first-order valence-corrected chi connectivity index (χ1v) is 6.45. The third-order valence-corrected chi connectivity index (χ3v) is 2.91. The summed E-state index contributed by atoms with van der Waals surface area (Å²) in [7, 11) is 0. The molecule has 21 heavy (non-hydrogen) atoms. The standard InChI is InChI=1S/C15H11ClFN3O/c16-11-2-1-10(8-18)14(7-11)20-15(21)9-19-13-5-3-12(17)4-6-13/h1-7,19H,9H2,(H,20,21). The lowest BCUT2D eigenvalue weighted by atomic mass is 10.2. The molecule has 0 atom stereocenters. The molecule has 0 saturated carbocycles. The van der Waals surface area contributed by atoms with Gasteiger partial charge in [-0.3, -0.25) is 4.79 Å². The van der Waals surface area contributed by atoms with Crippen LogP contribution >= 0.6 is 11.6 Å². The monoisotopic (exact) mass is 303 g/mol. The number of nitrogens with one attached hydrogen (secondary N) is 2. The summed E-state index contributed by atoms with van der Waals surface area (Å²) in [6.07, 6.45) is 0. The maximum absolute atomic E-state index is 12.7. The van der Waals surface area contributed by atoms with Crippen LogP contribution in [0.25, 0.3) is 0 Å². The number of carbonyl (C=O) groups excluding carboxylic acids is 1. The van der Waals surface area contributed by atoms with E-state index in [4.69, 9.17) is 16.9 Å². The van der Waals surface area contributed by atoms with E-state index in [0.29, 0.717) is 22.0 Å². The van der Waals surface area contributed by atoms with Crippen molar-refractivity contribution in [1.29, 1.82) is 5.26 Å². The molecule has 0 unspecified atom stereocenters. The fourth-order valence-corrected chi connectivity index (χ4v) is 1.83. The van der Waals surface area contributed by atoms with Crippen molar-refractivity contribution in [1.82, 2.24) is 0 Å². The first-order valence-electron chi connectivity index (χ1n) is 6.07. The molecule has 2 aromatic rings. The number of anilines is 2. The summed E-state index contributed by atoms with van der Waals surface area (Å²) in [4.78, 5) is 11.8. The summed E-state index contributed by atoms with van der Waals surface area (Å²) in [5.74, 6) is -0.680. The highest BCUT2D eigenvalue weighted by molar-refractivity contribution is 6.31. The molecule has 4 nitrogen and oxygen atoms in total. The van der Waals surface area contributed by atoms with Crippen molar-refractivity contribution in [3.63, 3.8) is 0 Å². The van der Waals surface area contributed by atoms with Crippen LogP contribution in [0.15, 0.2) is 42.5 Å². The second-order valence-corrected chi connectivity index (χ2v) is 4.65. The lowest BCUT2D eigenvalue weighted by Crippen LogP contribution is -2.22. The third kappa shape index (κ3) is 4.20. The largest absolute Gasteiger partial charge is 0.376 e. The second-order valence-electron chi connectivity index (χ2n) is 4.21. The van der Waals surface area contributed by atoms with E-state index in [9.17, 15) is 9.18 Å². The van der Waals surface area contributed by atoms with E-state index in [1.165, 1.54) is 36.4 Å². The minimum absolute atomic E-state index is 0.0109. The van der Waals surface area contributed by atoms with Crippen molar-refractivity contribution in [3.05, 3.63) is 58.9 Å². The lowest BCUT2D eigenvalue weighted by molar-refractivity contribution is -0.114. The predicted octanol–water partition coefficient (Wildman–Crippen LogP) is 3.40. The van der Waals surface area contributed by atoms with Gasteiger partial charge in [0.2, 0.25) is 5.91 Å². The van der Waals surface area contributed by atoms with Crippen molar-refractivity contribution in [3.8, 4) is 6.07 Å². The van der Waals surface area contributed by atoms with Gasteiger partial charge in [0.15, 0.2) is 0 Å². The number of hydrogen-bond donors (Lipinski definition) is 2. The Morgan fingerprint density at radius 2 is 1.95 bits per heavy atom. The number of halogens is 2. The number of carbonyl (C=O) groups is 1. The summed E-state index contributed by atoms with van der Waals surface area (Å²) >= 11 is 5.83. The second kappa shape index (κ2) is 6.73. The van der Waals surface area contributed by atoms with Crippen LogP contribution in [0.1, 0.15) is 5.56 Å². The van der Waals surface area contributed by atoms with E-state index < -0.39 is 0 Å². The van der Waals surface area contributed by atoms with E-state index in [0.717, 1.165) is 0 Å². The van der Waals surface area contributed by atoms with Gasteiger partial charge in [0, 0.05) is 10.7 Å². The van der Waals surface area contributed by atoms with Gasteiger partial charge in [0.05, 0.1) is 17.8 Å². The SMILES string of the molecule is N#Cc1ccc(Cl)cc1NC(=O)CNc1ccc(F)cc1. The molecule has 0 bridgehead atoms. The number of nitriles is 1. The highest BCUT2D eigenvalue weighted by Gasteiger charge is 2.07. The Morgan fingerprint density at radius 1 is 1.24 bits per heavy atom. The molecule has 6 heteroatoms. The molecular formula is C15H11ClFN3O. The average Bonchev–Trinajstić information content (AvgIpc) is 2.47. The van der Waals surface area contributed by atoms with Gasteiger partial charge in [0.25, 0.3) is 0 Å². The fourth-order valence-electron chi connectivity index (χ4n) is 1.66.